The molecule has 1 rings (SSSR count). The molecule has 0 fully saturated rings. The maximum absolute atomic E-state index is 11.4. The van der Waals surface area contributed by atoms with Gasteiger partial charge in [-0.2, -0.15) is 0 Å². The molecular weight excluding hydrogens is 204 g/mol. The number of Topliss-reactive ketones (excluding diaryl/α,β-unsaturated/α-hetero) is 1. The molecule has 0 aliphatic carbocycles. The summed E-state index contributed by atoms with van der Waals surface area (Å²) in [5.41, 5.74) is 0.689. The van der Waals surface area contributed by atoms with Crippen molar-refractivity contribution in [2.75, 3.05) is 0 Å². The number of hydrogen-bond donors (Lipinski definition) is 0. The van der Waals surface area contributed by atoms with Crippen molar-refractivity contribution in [1.82, 2.24) is 9.55 Å². The van der Waals surface area contributed by atoms with Gasteiger partial charge in [-0.15, -0.1) is 0 Å². The fourth-order valence-corrected chi connectivity index (χ4v) is 1.60. The quantitative estimate of drug-likeness (QED) is 0.765. The molecule has 0 bridgehead atoms. The van der Waals surface area contributed by atoms with E-state index in [1.54, 1.807) is 10.8 Å². The minimum atomic E-state index is -0.0478. The van der Waals surface area contributed by atoms with Crippen LogP contribution in [0, 0.1) is 0 Å². The van der Waals surface area contributed by atoms with Crippen LogP contribution >= 0.6 is 0 Å². The first-order valence-corrected chi connectivity index (χ1v) is 5.62. The zero-order valence-electron chi connectivity index (χ0n) is 10.1. The van der Waals surface area contributed by atoms with Gasteiger partial charge in [0.05, 0.1) is 5.69 Å². The SMILES string of the molecule is CCCCc1nc(CC(C)=O)cn1C(C)=O. The van der Waals surface area contributed by atoms with Crippen LogP contribution in [0.25, 0.3) is 0 Å². The van der Waals surface area contributed by atoms with Crippen molar-refractivity contribution >= 4 is 11.7 Å². The third-order valence-electron chi connectivity index (χ3n) is 2.35. The van der Waals surface area contributed by atoms with E-state index in [0.29, 0.717) is 12.1 Å². The fraction of sp³-hybridized carbons (Fsp3) is 0.583. The van der Waals surface area contributed by atoms with E-state index in [-0.39, 0.29) is 11.7 Å². The van der Waals surface area contributed by atoms with Crippen molar-refractivity contribution in [2.24, 2.45) is 0 Å². The second-order valence-corrected chi connectivity index (χ2v) is 4.02. The van der Waals surface area contributed by atoms with E-state index in [1.807, 2.05) is 0 Å². The number of unbranched alkanes of at least 4 members (excludes halogenated alkanes) is 1. The summed E-state index contributed by atoms with van der Waals surface area (Å²) in [5, 5.41) is 0. The smallest absolute Gasteiger partial charge is 0.228 e. The van der Waals surface area contributed by atoms with Crippen LogP contribution < -0.4 is 0 Å². The Kier molecular flexibility index (Phi) is 4.40. The van der Waals surface area contributed by atoms with Gasteiger partial charge in [0.1, 0.15) is 11.6 Å². The highest BCUT2D eigenvalue weighted by molar-refractivity contribution is 5.79. The molecular formula is C12H18N2O2. The van der Waals surface area contributed by atoms with Gasteiger partial charge in [0.2, 0.25) is 5.91 Å². The number of ketones is 1. The number of nitrogens with zero attached hydrogens (tertiary/aromatic N) is 2. The first-order chi connectivity index (χ1) is 7.54. The molecule has 0 unspecified atom stereocenters. The molecule has 0 aliphatic heterocycles. The summed E-state index contributed by atoms with van der Waals surface area (Å²) in [5.74, 6) is 0.786. The zero-order valence-corrected chi connectivity index (χ0v) is 10.1. The molecule has 0 radical (unpaired) electrons. The lowest BCUT2D eigenvalue weighted by atomic mass is 10.2. The van der Waals surface area contributed by atoms with Crippen molar-refractivity contribution in [2.45, 2.75) is 46.5 Å². The molecule has 0 aliphatic rings. The standard InChI is InChI=1S/C12H18N2O2/c1-4-5-6-12-13-11(7-9(2)15)8-14(12)10(3)16/h8H,4-7H2,1-3H3. The summed E-state index contributed by atoms with van der Waals surface area (Å²) in [6.45, 7) is 5.13. The van der Waals surface area contributed by atoms with E-state index < -0.39 is 0 Å². The predicted octanol–water partition coefficient (Wildman–Crippen LogP) is 2.02. The normalized spacial score (nSPS) is 10.4. The second-order valence-electron chi connectivity index (χ2n) is 4.02. The lowest BCUT2D eigenvalue weighted by molar-refractivity contribution is -0.116. The minimum Gasteiger partial charge on any atom is -0.300 e. The molecule has 0 atom stereocenters. The van der Waals surface area contributed by atoms with Crippen molar-refractivity contribution in [1.29, 1.82) is 0 Å². The third-order valence-corrected chi connectivity index (χ3v) is 2.35. The van der Waals surface area contributed by atoms with E-state index in [1.165, 1.54) is 13.8 Å². The fourth-order valence-electron chi connectivity index (χ4n) is 1.60. The summed E-state index contributed by atoms with van der Waals surface area (Å²) in [6, 6.07) is 0. The predicted molar refractivity (Wildman–Crippen MR) is 61.5 cm³/mol. The van der Waals surface area contributed by atoms with E-state index in [0.717, 1.165) is 25.1 Å². The highest BCUT2D eigenvalue weighted by Gasteiger charge is 2.11. The molecule has 1 heterocycles. The van der Waals surface area contributed by atoms with E-state index in [9.17, 15) is 9.59 Å². The summed E-state index contributed by atoms with van der Waals surface area (Å²) < 4.78 is 1.55. The number of carbonyl (C=O) groups excluding carboxylic acids is 2. The van der Waals surface area contributed by atoms with Gasteiger partial charge >= 0.3 is 0 Å². The Labute approximate surface area is 95.7 Å². The average molecular weight is 222 g/mol. The number of aromatic nitrogens is 2. The Morgan fingerprint density at radius 3 is 2.56 bits per heavy atom. The number of carbonyl (C=O) groups is 2. The minimum absolute atomic E-state index is 0.0478. The molecule has 0 spiro atoms. The van der Waals surface area contributed by atoms with Crippen molar-refractivity contribution in [3.8, 4) is 0 Å². The van der Waals surface area contributed by atoms with Crippen LogP contribution in [0.1, 0.15) is 49.9 Å². The number of aryl methyl sites for hydroxylation is 1. The van der Waals surface area contributed by atoms with Crippen molar-refractivity contribution in [3.63, 3.8) is 0 Å². The molecule has 1 aromatic heterocycles. The highest BCUT2D eigenvalue weighted by atomic mass is 16.1. The Balaban J connectivity index is 2.90. The summed E-state index contributed by atoms with van der Waals surface area (Å²) in [6.07, 6.45) is 4.83. The van der Waals surface area contributed by atoms with Crippen LogP contribution in [0.15, 0.2) is 6.20 Å². The summed E-state index contributed by atoms with van der Waals surface area (Å²) in [7, 11) is 0. The van der Waals surface area contributed by atoms with E-state index in [4.69, 9.17) is 0 Å². The van der Waals surface area contributed by atoms with Crippen LogP contribution in [0.5, 0.6) is 0 Å². The molecule has 16 heavy (non-hydrogen) atoms. The van der Waals surface area contributed by atoms with Crippen molar-refractivity contribution in [3.05, 3.63) is 17.7 Å². The van der Waals surface area contributed by atoms with Crippen LogP contribution in [0.2, 0.25) is 0 Å². The van der Waals surface area contributed by atoms with E-state index in [2.05, 4.69) is 11.9 Å². The molecule has 0 saturated carbocycles. The second kappa shape index (κ2) is 5.58. The highest BCUT2D eigenvalue weighted by Crippen LogP contribution is 2.08. The van der Waals surface area contributed by atoms with E-state index >= 15 is 0 Å². The Morgan fingerprint density at radius 1 is 1.38 bits per heavy atom. The molecule has 88 valence electrons. The molecule has 0 N–H and O–H groups in total. The zero-order chi connectivity index (χ0) is 12.1. The molecule has 1 aromatic rings. The number of rotatable bonds is 5. The van der Waals surface area contributed by atoms with Crippen LogP contribution in [-0.2, 0) is 17.6 Å². The Bertz CT molecular complexity index is 394. The monoisotopic (exact) mass is 222 g/mol. The lowest BCUT2D eigenvalue weighted by Crippen LogP contribution is -2.09. The molecule has 0 amide bonds. The summed E-state index contributed by atoms with van der Waals surface area (Å²) >= 11 is 0. The van der Waals surface area contributed by atoms with Gasteiger partial charge in [0.15, 0.2) is 0 Å². The molecule has 0 saturated heterocycles. The molecule has 4 heteroatoms. The van der Waals surface area contributed by atoms with Gasteiger partial charge in [0.25, 0.3) is 0 Å². The third kappa shape index (κ3) is 3.29. The van der Waals surface area contributed by atoms with Crippen LogP contribution in [-0.4, -0.2) is 21.2 Å². The first-order valence-electron chi connectivity index (χ1n) is 5.62. The molecule has 0 aromatic carbocycles. The lowest BCUT2D eigenvalue weighted by Gasteiger charge is -2.01. The number of imidazole rings is 1. The van der Waals surface area contributed by atoms with Gasteiger partial charge in [0, 0.05) is 26.0 Å². The Morgan fingerprint density at radius 2 is 2.06 bits per heavy atom. The topological polar surface area (TPSA) is 52.0 Å². The van der Waals surface area contributed by atoms with Crippen LogP contribution in [0.3, 0.4) is 0 Å². The summed E-state index contributed by atoms with van der Waals surface area (Å²) in [4.78, 5) is 26.7. The van der Waals surface area contributed by atoms with Gasteiger partial charge in [-0.05, 0) is 13.3 Å². The van der Waals surface area contributed by atoms with Gasteiger partial charge in [-0.3, -0.25) is 14.2 Å². The first kappa shape index (κ1) is 12.6. The van der Waals surface area contributed by atoms with Gasteiger partial charge in [-0.25, -0.2) is 4.98 Å². The maximum Gasteiger partial charge on any atom is 0.228 e. The maximum atomic E-state index is 11.4. The van der Waals surface area contributed by atoms with Gasteiger partial charge < -0.3 is 0 Å². The average Bonchev–Trinajstić information content (AvgIpc) is 2.57. The van der Waals surface area contributed by atoms with Crippen molar-refractivity contribution < 1.29 is 9.59 Å². The van der Waals surface area contributed by atoms with Gasteiger partial charge in [-0.1, -0.05) is 13.3 Å². The largest absolute Gasteiger partial charge is 0.300 e. The number of hydrogen-bond acceptors (Lipinski definition) is 3. The van der Waals surface area contributed by atoms with Crippen LogP contribution in [0.4, 0.5) is 0 Å². The Hall–Kier alpha value is -1.45. The molecule has 4 nitrogen and oxygen atoms in total.